The normalized spacial score (nSPS) is 26.2. The Morgan fingerprint density at radius 3 is 3.04 bits per heavy atom. The maximum Gasteiger partial charge on any atom is 0.221 e. The molecule has 3 atom stereocenters. The number of nitrogens with two attached hydrogens (primary N) is 1. The second-order valence-corrected chi connectivity index (χ2v) is 7.03. The zero-order valence-corrected chi connectivity index (χ0v) is 15.7. The van der Waals surface area contributed by atoms with Crippen molar-refractivity contribution in [3.05, 3.63) is 34.1 Å². The van der Waals surface area contributed by atoms with E-state index in [1.165, 1.54) is 0 Å². The van der Waals surface area contributed by atoms with Crippen LogP contribution in [0.25, 0.3) is 5.69 Å². The summed E-state index contributed by atoms with van der Waals surface area (Å²) in [5, 5.41) is 13.2. The van der Waals surface area contributed by atoms with Crippen LogP contribution in [0.3, 0.4) is 0 Å². The molecule has 1 aromatic heterocycles. The second kappa shape index (κ2) is 7.00. The highest BCUT2D eigenvalue weighted by molar-refractivity contribution is 7.80. The van der Waals surface area contributed by atoms with Gasteiger partial charge in [-0.1, -0.05) is 17.7 Å². The summed E-state index contributed by atoms with van der Waals surface area (Å²) in [4.78, 5) is 0. The van der Waals surface area contributed by atoms with Crippen LogP contribution < -0.4 is 11.2 Å². The maximum atomic E-state index is 6.05. The Hall–Kier alpha value is -1.92. The molecule has 26 heavy (non-hydrogen) atoms. The zero-order chi connectivity index (χ0) is 18.3. The predicted molar refractivity (Wildman–Crippen MR) is 101 cm³/mol. The number of hydrogen-bond acceptors (Lipinski definition) is 7. The van der Waals surface area contributed by atoms with Crippen LogP contribution in [0, 0.1) is 4.77 Å². The quantitative estimate of drug-likeness (QED) is 0.575. The topological polar surface area (TPSA) is 105 Å². The van der Waals surface area contributed by atoms with Gasteiger partial charge in [-0.2, -0.15) is 9.78 Å². The molecule has 2 saturated heterocycles. The van der Waals surface area contributed by atoms with Crippen molar-refractivity contribution in [1.82, 2.24) is 25.2 Å². The number of rotatable bonds is 3. The fourth-order valence-corrected chi connectivity index (χ4v) is 3.49. The number of aromatic nitrogens is 4. The second-order valence-electron chi connectivity index (χ2n) is 5.79. The molecule has 0 saturated carbocycles. The van der Waals surface area contributed by atoms with E-state index in [9.17, 15) is 0 Å². The minimum atomic E-state index is -0.518. The van der Waals surface area contributed by atoms with Gasteiger partial charge in [-0.3, -0.25) is 5.43 Å². The van der Waals surface area contributed by atoms with Gasteiger partial charge in [-0.05, 0) is 53.1 Å². The standard InChI is InChI=1S/C14H14ClN7O2S2/c15-7-2-1-3-8(4-7)21-14(26)22(20-19-21)10-5-9(17-18-13(16)25)12-23-6-11(10)24-12/h1-4,10-12H,5-6H2,(H3,16,18,25)/b17-9+/t10-,11+,12+/m0/s1. The molecule has 0 amide bonds. The highest BCUT2D eigenvalue weighted by Crippen LogP contribution is 2.33. The average molecular weight is 412 g/mol. The number of halogens is 1. The molecule has 0 spiro atoms. The fraction of sp³-hybridized carbons (Fsp3) is 0.357. The first-order valence-electron chi connectivity index (χ1n) is 7.72. The van der Waals surface area contributed by atoms with Crippen molar-refractivity contribution in [1.29, 1.82) is 0 Å². The molecule has 1 aromatic carbocycles. The van der Waals surface area contributed by atoms with Crippen molar-refractivity contribution in [2.45, 2.75) is 24.9 Å². The summed E-state index contributed by atoms with van der Waals surface area (Å²) in [5.41, 5.74) is 9.36. The van der Waals surface area contributed by atoms with E-state index in [-0.39, 0.29) is 17.3 Å². The van der Waals surface area contributed by atoms with Crippen LogP contribution in [0.1, 0.15) is 12.5 Å². The van der Waals surface area contributed by atoms with Crippen molar-refractivity contribution in [3.8, 4) is 5.69 Å². The van der Waals surface area contributed by atoms with Crippen molar-refractivity contribution in [3.63, 3.8) is 0 Å². The van der Waals surface area contributed by atoms with Gasteiger partial charge in [0.1, 0.15) is 6.10 Å². The lowest BCUT2D eigenvalue weighted by Gasteiger charge is -2.27. The molecule has 9 nitrogen and oxygen atoms in total. The Morgan fingerprint density at radius 2 is 2.27 bits per heavy atom. The Morgan fingerprint density at radius 1 is 1.42 bits per heavy atom. The first-order chi connectivity index (χ1) is 12.5. The summed E-state index contributed by atoms with van der Waals surface area (Å²) >= 11 is 16.4. The first kappa shape index (κ1) is 17.5. The van der Waals surface area contributed by atoms with Crippen LogP contribution in [-0.4, -0.2) is 49.6 Å². The molecule has 2 aromatic rings. The zero-order valence-electron chi connectivity index (χ0n) is 13.3. The smallest absolute Gasteiger partial charge is 0.221 e. The SMILES string of the molecule is NC(=S)N/N=C1\C[C@H](n2nnn(-c3cccc(Cl)c3)c2=S)[C@H]2CO[C@@H]1O2. The molecule has 136 valence electrons. The molecular formula is C14H14ClN7O2S2. The van der Waals surface area contributed by atoms with Gasteiger partial charge >= 0.3 is 0 Å². The van der Waals surface area contributed by atoms with Crippen LogP contribution in [0.5, 0.6) is 0 Å². The Kier molecular flexibility index (Phi) is 4.71. The Balaban J connectivity index is 1.66. The molecular weight excluding hydrogens is 398 g/mol. The largest absolute Gasteiger partial charge is 0.375 e. The third kappa shape index (κ3) is 3.23. The van der Waals surface area contributed by atoms with E-state index >= 15 is 0 Å². The van der Waals surface area contributed by atoms with Gasteiger partial charge < -0.3 is 15.2 Å². The third-order valence-electron chi connectivity index (χ3n) is 4.11. The van der Waals surface area contributed by atoms with Crippen molar-refractivity contribution >= 4 is 46.9 Å². The molecule has 2 bridgehead atoms. The van der Waals surface area contributed by atoms with E-state index in [1.807, 2.05) is 12.1 Å². The van der Waals surface area contributed by atoms with Crippen LogP contribution in [0.2, 0.25) is 5.02 Å². The number of ether oxygens (including phenoxy) is 2. The molecule has 2 aliphatic rings. The van der Waals surface area contributed by atoms with E-state index in [4.69, 9.17) is 51.2 Å². The number of fused-ring (bicyclic) bond motifs is 2. The summed E-state index contributed by atoms with van der Waals surface area (Å²) < 4.78 is 15.1. The third-order valence-corrected chi connectivity index (χ3v) is 4.80. The van der Waals surface area contributed by atoms with Gasteiger partial charge in [0.05, 0.1) is 24.0 Å². The first-order valence-corrected chi connectivity index (χ1v) is 8.92. The fourth-order valence-electron chi connectivity index (χ4n) is 2.94. The van der Waals surface area contributed by atoms with Crippen LogP contribution in [0.15, 0.2) is 29.4 Å². The van der Waals surface area contributed by atoms with Gasteiger partial charge in [-0.15, -0.1) is 0 Å². The van der Waals surface area contributed by atoms with Crippen LogP contribution >= 0.6 is 36.0 Å². The lowest BCUT2D eigenvalue weighted by Crippen LogP contribution is -2.39. The van der Waals surface area contributed by atoms with Crippen LogP contribution in [0.4, 0.5) is 0 Å². The highest BCUT2D eigenvalue weighted by atomic mass is 35.5. The van der Waals surface area contributed by atoms with Gasteiger partial charge in [0, 0.05) is 11.4 Å². The minimum absolute atomic E-state index is 0.0673. The maximum absolute atomic E-state index is 6.05. The Labute approximate surface area is 163 Å². The summed E-state index contributed by atoms with van der Waals surface area (Å²) in [6.45, 7) is 0.410. The van der Waals surface area contributed by atoms with Crippen molar-refractivity contribution < 1.29 is 9.47 Å². The average Bonchev–Trinajstić information content (AvgIpc) is 3.19. The highest BCUT2D eigenvalue weighted by Gasteiger charge is 2.44. The van der Waals surface area contributed by atoms with Crippen LogP contribution in [-0.2, 0) is 9.47 Å². The molecule has 3 N–H and O–H groups in total. The molecule has 0 radical (unpaired) electrons. The van der Waals surface area contributed by atoms with E-state index in [1.54, 1.807) is 21.5 Å². The molecule has 0 unspecified atom stereocenters. The molecule has 3 heterocycles. The number of benzene rings is 1. The number of hydrogen-bond donors (Lipinski definition) is 2. The monoisotopic (exact) mass is 411 g/mol. The summed E-state index contributed by atoms with van der Waals surface area (Å²) in [7, 11) is 0. The summed E-state index contributed by atoms with van der Waals surface area (Å²) in [6.07, 6.45) is -0.191. The lowest BCUT2D eigenvalue weighted by atomic mass is 10.0. The number of tetrazole rings is 1. The van der Waals surface area contributed by atoms with Gasteiger partial charge in [-0.25, -0.2) is 4.68 Å². The van der Waals surface area contributed by atoms with Gasteiger partial charge in [0.2, 0.25) is 4.77 Å². The lowest BCUT2D eigenvalue weighted by molar-refractivity contribution is -0.0324. The van der Waals surface area contributed by atoms with Crippen molar-refractivity contribution in [2.24, 2.45) is 10.8 Å². The molecule has 2 aliphatic heterocycles. The minimum Gasteiger partial charge on any atom is -0.375 e. The molecule has 12 heteroatoms. The van der Waals surface area contributed by atoms with E-state index < -0.39 is 6.29 Å². The number of thiocarbonyl (C=S) groups is 1. The summed E-state index contributed by atoms with van der Waals surface area (Å²) in [5.74, 6) is 0. The summed E-state index contributed by atoms with van der Waals surface area (Å²) in [6, 6.07) is 7.01. The van der Waals surface area contributed by atoms with E-state index in [0.717, 1.165) is 5.69 Å². The molecule has 0 aliphatic carbocycles. The van der Waals surface area contributed by atoms with Gasteiger partial charge in [0.25, 0.3) is 0 Å². The number of hydrazone groups is 1. The number of nitrogens with one attached hydrogen (secondary N) is 1. The predicted octanol–water partition coefficient (Wildman–Crippen LogP) is 1.33. The molecule has 4 rings (SSSR count). The van der Waals surface area contributed by atoms with Gasteiger partial charge in [0.15, 0.2) is 11.4 Å². The molecule has 2 fully saturated rings. The van der Waals surface area contributed by atoms with Crippen molar-refractivity contribution in [2.75, 3.05) is 6.61 Å². The number of nitrogens with zero attached hydrogens (tertiary/aromatic N) is 5. The van der Waals surface area contributed by atoms with E-state index in [0.29, 0.717) is 28.5 Å². The Bertz CT molecular complexity index is 943. The van der Waals surface area contributed by atoms with E-state index in [2.05, 4.69) is 21.0 Å².